The van der Waals surface area contributed by atoms with E-state index in [4.69, 9.17) is 0 Å². The molecule has 5 rings (SSSR count). The van der Waals surface area contributed by atoms with Gasteiger partial charge < -0.3 is 14.8 Å². The summed E-state index contributed by atoms with van der Waals surface area (Å²) in [4.78, 5) is 21.0. The normalized spacial score (nSPS) is 23.7. The zero-order chi connectivity index (χ0) is 15.2. The molecule has 2 aliphatic heterocycles. The SMILES string of the molecule is c1ccc(N2CC3CN(c4ncnc5nc[nH]c45)CC3C2)cc1. The number of nitrogens with one attached hydrogen (secondary N) is 1. The Labute approximate surface area is 134 Å². The van der Waals surface area contributed by atoms with Crippen LogP contribution in [0.2, 0.25) is 0 Å². The number of aromatic amines is 1. The molecule has 2 saturated heterocycles. The molecule has 0 saturated carbocycles. The quantitative estimate of drug-likeness (QED) is 0.784. The first kappa shape index (κ1) is 12.9. The lowest BCUT2D eigenvalue weighted by Gasteiger charge is -2.23. The maximum atomic E-state index is 4.50. The van der Waals surface area contributed by atoms with E-state index >= 15 is 0 Å². The molecule has 6 heteroatoms. The lowest BCUT2D eigenvalue weighted by molar-refractivity contribution is 0.533. The van der Waals surface area contributed by atoms with Crippen molar-refractivity contribution in [1.82, 2.24) is 19.9 Å². The second kappa shape index (κ2) is 4.94. The highest BCUT2D eigenvalue weighted by Crippen LogP contribution is 2.36. The zero-order valence-corrected chi connectivity index (χ0v) is 12.8. The van der Waals surface area contributed by atoms with Gasteiger partial charge in [0.1, 0.15) is 11.8 Å². The second-order valence-corrected chi connectivity index (χ2v) is 6.46. The van der Waals surface area contributed by atoms with Gasteiger partial charge in [-0.2, -0.15) is 0 Å². The first-order chi connectivity index (χ1) is 11.4. The lowest BCUT2D eigenvalue weighted by atomic mass is 10.0. The van der Waals surface area contributed by atoms with Crippen LogP contribution in [0.4, 0.5) is 11.5 Å². The molecule has 0 radical (unpaired) electrons. The van der Waals surface area contributed by atoms with Crippen molar-refractivity contribution in [1.29, 1.82) is 0 Å². The van der Waals surface area contributed by atoms with Gasteiger partial charge in [-0.3, -0.25) is 0 Å². The van der Waals surface area contributed by atoms with E-state index in [0.29, 0.717) is 11.8 Å². The van der Waals surface area contributed by atoms with E-state index < -0.39 is 0 Å². The van der Waals surface area contributed by atoms with Gasteiger partial charge in [-0.15, -0.1) is 0 Å². The van der Waals surface area contributed by atoms with E-state index in [1.165, 1.54) is 5.69 Å². The molecule has 2 aliphatic rings. The number of para-hydroxylation sites is 1. The fourth-order valence-corrected chi connectivity index (χ4v) is 4.01. The largest absolute Gasteiger partial charge is 0.371 e. The van der Waals surface area contributed by atoms with E-state index in [0.717, 1.165) is 43.2 Å². The Bertz CT molecular complexity index is 815. The molecule has 116 valence electrons. The van der Waals surface area contributed by atoms with Crippen molar-refractivity contribution in [2.45, 2.75) is 0 Å². The van der Waals surface area contributed by atoms with Gasteiger partial charge in [0, 0.05) is 43.7 Å². The van der Waals surface area contributed by atoms with Crippen molar-refractivity contribution in [2.24, 2.45) is 11.8 Å². The summed E-state index contributed by atoms with van der Waals surface area (Å²) in [6, 6.07) is 10.7. The molecular weight excluding hydrogens is 288 g/mol. The highest BCUT2D eigenvalue weighted by molar-refractivity contribution is 5.82. The molecule has 4 heterocycles. The molecule has 1 aromatic carbocycles. The van der Waals surface area contributed by atoms with Crippen molar-refractivity contribution in [2.75, 3.05) is 36.0 Å². The van der Waals surface area contributed by atoms with Crippen molar-refractivity contribution >= 4 is 22.7 Å². The van der Waals surface area contributed by atoms with Crippen molar-refractivity contribution < 1.29 is 0 Å². The third-order valence-electron chi connectivity index (χ3n) is 5.11. The maximum Gasteiger partial charge on any atom is 0.182 e. The summed E-state index contributed by atoms with van der Waals surface area (Å²) >= 11 is 0. The van der Waals surface area contributed by atoms with Crippen LogP contribution in [0.1, 0.15) is 0 Å². The Morgan fingerprint density at radius 1 is 0.870 bits per heavy atom. The topological polar surface area (TPSA) is 60.9 Å². The molecule has 6 nitrogen and oxygen atoms in total. The zero-order valence-electron chi connectivity index (χ0n) is 12.8. The summed E-state index contributed by atoms with van der Waals surface area (Å²) in [6.07, 6.45) is 3.31. The Morgan fingerprint density at radius 2 is 1.61 bits per heavy atom. The van der Waals surface area contributed by atoms with Gasteiger partial charge in [-0.1, -0.05) is 18.2 Å². The summed E-state index contributed by atoms with van der Waals surface area (Å²) in [7, 11) is 0. The molecular formula is C17H18N6. The van der Waals surface area contributed by atoms with E-state index in [1.807, 2.05) is 0 Å². The van der Waals surface area contributed by atoms with E-state index in [1.54, 1.807) is 12.7 Å². The molecule has 0 bridgehead atoms. The minimum atomic E-state index is 0.697. The van der Waals surface area contributed by atoms with Crippen LogP contribution in [0.25, 0.3) is 11.2 Å². The predicted octanol–water partition coefficient (Wildman–Crippen LogP) is 1.93. The minimum Gasteiger partial charge on any atom is -0.371 e. The molecule has 23 heavy (non-hydrogen) atoms. The molecule has 2 aromatic heterocycles. The molecule has 2 unspecified atom stereocenters. The number of hydrogen-bond donors (Lipinski definition) is 1. The Morgan fingerprint density at radius 3 is 2.39 bits per heavy atom. The third-order valence-corrected chi connectivity index (χ3v) is 5.11. The first-order valence-corrected chi connectivity index (χ1v) is 8.07. The van der Waals surface area contributed by atoms with E-state index in [9.17, 15) is 0 Å². The van der Waals surface area contributed by atoms with Gasteiger partial charge in [-0.05, 0) is 12.1 Å². The molecule has 2 atom stereocenters. The summed E-state index contributed by atoms with van der Waals surface area (Å²) in [5, 5.41) is 0. The number of H-pyrrole nitrogens is 1. The van der Waals surface area contributed by atoms with E-state index in [2.05, 4.69) is 60.1 Å². The number of hydrogen-bond acceptors (Lipinski definition) is 5. The van der Waals surface area contributed by atoms with Gasteiger partial charge in [-0.25, -0.2) is 15.0 Å². The Balaban J connectivity index is 1.37. The summed E-state index contributed by atoms with van der Waals surface area (Å²) < 4.78 is 0. The molecule has 3 aromatic rings. The number of anilines is 2. The minimum absolute atomic E-state index is 0.697. The molecule has 2 fully saturated rings. The monoisotopic (exact) mass is 306 g/mol. The van der Waals surface area contributed by atoms with Gasteiger partial charge >= 0.3 is 0 Å². The average Bonchev–Trinajstić information content (AvgIpc) is 3.29. The summed E-state index contributed by atoms with van der Waals surface area (Å²) in [6.45, 7) is 4.36. The number of fused-ring (bicyclic) bond motifs is 2. The van der Waals surface area contributed by atoms with Crippen LogP contribution in [-0.4, -0.2) is 46.1 Å². The van der Waals surface area contributed by atoms with Gasteiger partial charge in [0.05, 0.1) is 6.33 Å². The Kier molecular flexibility index (Phi) is 2.76. The molecule has 0 spiro atoms. The maximum absolute atomic E-state index is 4.50. The van der Waals surface area contributed by atoms with Gasteiger partial charge in [0.15, 0.2) is 11.5 Å². The standard InChI is InChI=1S/C17H18N6/c1-2-4-14(5-3-1)22-6-12-8-23(9-13(12)7-22)17-15-16(19-10-18-15)20-11-21-17/h1-5,10-13H,6-9H2,(H,18,19,20,21). The summed E-state index contributed by atoms with van der Waals surface area (Å²) in [5.74, 6) is 2.39. The average molecular weight is 306 g/mol. The van der Waals surface area contributed by atoms with Crippen LogP contribution in [0, 0.1) is 11.8 Å². The highest BCUT2D eigenvalue weighted by atomic mass is 15.3. The highest BCUT2D eigenvalue weighted by Gasteiger charge is 2.41. The van der Waals surface area contributed by atoms with Gasteiger partial charge in [0.2, 0.25) is 0 Å². The Hall–Kier alpha value is -2.63. The molecule has 0 amide bonds. The third kappa shape index (κ3) is 2.05. The fraction of sp³-hybridized carbons (Fsp3) is 0.353. The van der Waals surface area contributed by atoms with Crippen LogP contribution in [0.15, 0.2) is 43.0 Å². The van der Waals surface area contributed by atoms with Crippen LogP contribution >= 0.6 is 0 Å². The fourth-order valence-electron chi connectivity index (χ4n) is 4.01. The second-order valence-electron chi connectivity index (χ2n) is 6.46. The van der Waals surface area contributed by atoms with Crippen LogP contribution in [0.3, 0.4) is 0 Å². The van der Waals surface area contributed by atoms with Crippen molar-refractivity contribution in [3.63, 3.8) is 0 Å². The molecule has 1 N–H and O–H groups in total. The molecule has 0 aliphatic carbocycles. The van der Waals surface area contributed by atoms with Crippen LogP contribution in [-0.2, 0) is 0 Å². The number of rotatable bonds is 2. The lowest BCUT2D eigenvalue weighted by Crippen LogP contribution is -2.29. The number of benzene rings is 1. The van der Waals surface area contributed by atoms with Gasteiger partial charge in [0.25, 0.3) is 0 Å². The number of imidazole rings is 1. The van der Waals surface area contributed by atoms with Crippen molar-refractivity contribution in [3.8, 4) is 0 Å². The smallest absolute Gasteiger partial charge is 0.182 e. The first-order valence-electron chi connectivity index (χ1n) is 8.07. The van der Waals surface area contributed by atoms with E-state index in [-0.39, 0.29) is 0 Å². The summed E-state index contributed by atoms with van der Waals surface area (Å²) in [5.41, 5.74) is 3.04. The number of aromatic nitrogens is 4. The van der Waals surface area contributed by atoms with Crippen LogP contribution in [0.5, 0.6) is 0 Å². The van der Waals surface area contributed by atoms with Crippen molar-refractivity contribution in [3.05, 3.63) is 43.0 Å². The number of nitrogens with zero attached hydrogens (tertiary/aromatic N) is 5. The predicted molar refractivity (Wildman–Crippen MR) is 89.5 cm³/mol. The van der Waals surface area contributed by atoms with Crippen LogP contribution < -0.4 is 9.80 Å².